The van der Waals surface area contributed by atoms with Crippen LogP contribution in [0.3, 0.4) is 0 Å². The molecular formula is C29H46O. The van der Waals surface area contributed by atoms with Crippen LogP contribution < -0.4 is 0 Å². The second-order valence-corrected chi connectivity index (χ2v) is 12.7. The van der Waals surface area contributed by atoms with Gasteiger partial charge in [-0.15, -0.1) is 0 Å². The summed E-state index contributed by atoms with van der Waals surface area (Å²) in [6.45, 7) is 14.8. The summed E-state index contributed by atoms with van der Waals surface area (Å²) in [5.74, 6) is 3.96. The maximum atomic E-state index is 10.3. The summed E-state index contributed by atoms with van der Waals surface area (Å²) in [4.78, 5) is 0. The third kappa shape index (κ3) is 3.78. The van der Waals surface area contributed by atoms with Gasteiger partial charge in [0, 0.05) is 11.3 Å². The van der Waals surface area contributed by atoms with Gasteiger partial charge in [0.15, 0.2) is 0 Å². The van der Waals surface area contributed by atoms with E-state index in [1.165, 1.54) is 44.9 Å². The molecule has 0 unspecified atom stereocenters. The Morgan fingerprint density at radius 2 is 1.97 bits per heavy atom. The summed E-state index contributed by atoms with van der Waals surface area (Å²) in [5, 5.41) is 10.3. The Bertz CT molecular complexity index is 721. The van der Waals surface area contributed by atoms with Crippen molar-refractivity contribution in [3.05, 3.63) is 36.0 Å². The van der Waals surface area contributed by atoms with Crippen LogP contribution in [-0.4, -0.2) is 11.7 Å². The molecule has 1 N–H and O–H groups in total. The lowest BCUT2D eigenvalue weighted by molar-refractivity contribution is 0.110. The van der Waals surface area contributed by atoms with Gasteiger partial charge in [0.1, 0.15) is 0 Å². The molecule has 0 aromatic carbocycles. The molecule has 4 rings (SSSR count). The first kappa shape index (κ1) is 22.4. The summed E-state index contributed by atoms with van der Waals surface area (Å²) in [5.41, 5.74) is 2.79. The third-order valence-electron chi connectivity index (χ3n) is 10.1. The Morgan fingerprint density at radius 3 is 2.57 bits per heavy atom. The summed E-state index contributed by atoms with van der Waals surface area (Å²) in [6.07, 6.45) is 21.6. The molecule has 0 aromatic rings. The van der Waals surface area contributed by atoms with Crippen LogP contribution in [0.2, 0.25) is 0 Å². The Balaban J connectivity index is 1.50. The SMILES string of the molecule is C[C@H](/C=C/[C@H](C)C(C)(C)C)[C@H]1CC[C@H]2/C(=C/[C@@H](CO)[C@@]34C=CC[C@@H]3C4)CCC[C@]12C. The quantitative estimate of drug-likeness (QED) is 0.447. The van der Waals surface area contributed by atoms with Gasteiger partial charge in [-0.2, -0.15) is 0 Å². The fourth-order valence-corrected chi connectivity index (χ4v) is 7.45. The van der Waals surface area contributed by atoms with E-state index >= 15 is 0 Å². The van der Waals surface area contributed by atoms with Crippen LogP contribution in [0, 0.1) is 51.8 Å². The van der Waals surface area contributed by atoms with E-state index in [1.54, 1.807) is 5.57 Å². The second kappa shape index (κ2) is 7.95. The molecule has 30 heavy (non-hydrogen) atoms. The standard InChI is InChI=1S/C29H46O/c1-20(11-12-21(2)27(3,4)5)25-13-14-26-22(9-7-15-28(25,26)6)17-24(19-30)29-16-8-10-23(29)18-29/h8,11-12,16-17,20-21,23-26,30H,7,9-10,13-15,18-19H2,1-6H3/b12-11+,22-17+/t20-,21+,23-,24+,25-,26+,28-,29-/m1/s1. The van der Waals surface area contributed by atoms with Crippen molar-refractivity contribution in [2.75, 3.05) is 6.61 Å². The molecule has 3 saturated carbocycles. The number of aliphatic hydroxyl groups excluding tert-OH is 1. The van der Waals surface area contributed by atoms with E-state index < -0.39 is 0 Å². The van der Waals surface area contributed by atoms with E-state index in [2.05, 4.69) is 71.9 Å². The molecule has 4 aliphatic carbocycles. The molecule has 0 heterocycles. The van der Waals surface area contributed by atoms with Crippen molar-refractivity contribution >= 4 is 0 Å². The van der Waals surface area contributed by atoms with Crippen molar-refractivity contribution in [2.45, 2.75) is 86.5 Å². The molecule has 0 radical (unpaired) electrons. The molecule has 8 atom stereocenters. The van der Waals surface area contributed by atoms with E-state index in [1.807, 2.05) is 0 Å². The van der Waals surface area contributed by atoms with Crippen LogP contribution >= 0.6 is 0 Å². The Hall–Kier alpha value is -0.820. The van der Waals surface area contributed by atoms with Crippen LogP contribution in [-0.2, 0) is 0 Å². The third-order valence-corrected chi connectivity index (χ3v) is 10.1. The average Bonchev–Trinajstić information content (AvgIpc) is 3.05. The minimum atomic E-state index is 0.312. The lowest BCUT2D eigenvalue weighted by Gasteiger charge is -2.44. The van der Waals surface area contributed by atoms with Gasteiger partial charge in [0.25, 0.3) is 0 Å². The zero-order chi connectivity index (χ0) is 21.7. The molecule has 1 nitrogen and oxygen atoms in total. The number of aliphatic hydroxyl groups is 1. The fraction of sp³-hybridized carbons (Fsp3) is 0.793. The van der Waals surface area contributed by atoms with Crippen molar-refractivity contribution in [1.29, 1.82) is 0 Å². The molecule has 1 heteroatoms. The van der Waals surface area contributed by atoms with Gasteiger partial charge in [0.2, 0.25) is 0 Å². The Morgan fingerprint density at radius 1 is 1.20 bits per heavy atom. The number of allylic oxidation sites excluding steroid dienone is 5. The summed E-state index contributed by atoms with van der Waals surface area (Å²) < 4.78 is 0. The molecule has 0 bridgehead atoms. The highest BCUT2D eigenvalue weighted by Crippen LogP contribution is 2.65. The second-order valence-electron chi connectivity index (χ2n) is 12.7. The van der Waals surface area contributed by atoms with Crippen LogP contribution in [0.25, 0.3) is 0 Å². The van der Waals surface area contributed by atoms with E-state index in [-0.39, 0.29) is 0 Å². The first-order valence-electron chi connectivity index (χ1n) is 12.8. The molecule has 0 amide bonds. The highest BCUT2D eigenvalue weighted by Gasteiger charge is 2.58. The summed E-state index contributed by atoms with van der Waals surface area (Å²) >= 11 is 0. The van der Waals surface area contributed by atoms with E-state index in [9.17, 15) is 5.11 Å². The first-order chi connectivity index (χ1) is 14.1. The van der Waals surface area contributed by atoms with Crippen LogP contribution in [0.15, 0.2) is 36.0 Å². The normalized spacial score (nSPS) is 42.4. The van der Waals surface area contributed by atoms with Gasteiger partial charge < -0.3 is 5.11 Å². The topological polar surface area (TPSA) is 20.2 Å². The van der Waals surface area contributed by atoms with Gasteiger partial charge >= 0.3 is 0 Å². The summed E-state index contributed by atoms with van der Waals surface area (Å²) in [7, 11) is 0. The van der Waals surface area contributed by atoms with Gasteiger partial charge in [0.05, 0.1) is 6.61 Å². The Labute approximate surface area is 186 Å². The molecule has 4 aliphatic rings. The van der Waals surface area contributed by atoms with Crippen LogP contribution in [0.1, 0.15) is 86.5 Å². The lowest BCUT2D eigenvalue weighted by atomic mass is 9.60. The van der Waals surface area contributed by atoms with Crippen molar-refractivity contribution < 1.29 is 5.11 Å². The monoisotopic (exact) mass is 410 g/mol. The highest BCUT2D eigenvalue weighted by atomic mass is 16.3. The van der Waals surface area contributed by atoms with Crippen LogP contribution in [0.4, 0.5) is 0 Å². The maximum absolute atomic E-state index is 10.3. The first-order valence-corrected chi connectivity index (χ1v) is 12.8. The Kier molecular flexibility index (Phi) is 5.93. The molecule has 0 saturated heterocycles. The molecule has 168 valence electrons. The largest absolute Gasteiger partial charge is 0.396 e. The van der Waals surface area contributed by atoms with Gasteiger partial charge in [-0.1, -0.05) is 77.5 Å². The minimum absolute atomic E-state index is 0.312. The number of hydrogen-bond donors (Lipinski definition) is 1. The predicted molar refractivity (Wildman–Crippen MR) is 128 cm³/mol. The van der Waals surface area contributed by atoms with Gasteiger partial charge in [-0.3, -0.25) is 0 Å². The lowest BCUT2D eigenvalue weighted by Crippen LogP contribution is -2.36. The van der Waals surface area contributed by atoms with Gasteiger partial charge in [-0.25, -0.2) is 0 Å². The zero-order valence-electron chi connectivity index (χ0n) is 20.5. The molecule has 0 aromatic heterocycles. The molecule has 0 spiro atoms. The van der Waals surface area contributed by atoms with E-state index in [4.69, 9.17) is 0 Å². The average molecular weight is 411 g/mol. The molecule has 3 fully saturated rings. The van der Waals surface area contributed by atoms with Crippen molar-refractivity contribution in [2.24, 2.45) is 51.8 Å². The van der Waals surface area contributed by atoms with Crippen molar-refractivity contribution in [1.82, 2.24) is 0 Å². The minimum Gasteiger partial charge on any atom is -0.396 e. The predicted octanol–water partition coefficient (Wildman–Crippen LogP) is 7.58. The number of rotatable bonds is 6. The zero-order valence-corrected chi connectivity index (χ0v) is 20.5. The molecule has 0 aliphatic heterocycles. The fourth-order valence-electron chi connectivity index (χ4n) is 7.45. The van der Waals surface area contributed by atoms with Crippen molar-refractivity contribution in [3.63, 3.8) is 0 Å². The highest BCUT2D eigenvalue weighted by molar-refractivity contribution is 5.30. The van der Waals surface area contributed by atoms with E-state index in [0.717, 1.165) is 17.8 Å². The van der Waals surface area contributed by atoms with Crippen LogP contribution in [0.5, 0.6) is 0 Å². The maximum Gasteiger partial charge on any atom is 0.0502 e. The van der Waals surface area contributed by atoms with E-state index in [0.29, 0.717) is 40.6 Å². The number of hydrogen-bond acceptors (Lipinski definition) is 1. The van der Waals surface area contributed by atoms with Gasteiger partial charge in [-0.05, 0) is 85.4 Å². The number of fused-ring (bicyclic) bond motifs is 2. The smallest absolute Gasteiger partial charge is 0.0502 e. The van der Waals surface area contributed by atoms with Crippen molar-refractivity contribution in [3.8, 4) is 0 Å². The summed E-state index contributed by atoms with van der Waals surface area (Å²) in [6, 6.07) is 0. The molecular weight excluding hydrogens is 364 g/mol.